The van der Waals surface area contributed by atoms with E-state index in [1.54, 1.807) is 0 Å². The minimum Gasteiger partial charge on any atom is -0.496 e. The molecule has 10 heavy (non-hydrogen) atoms. The van der Waals surface area contributed by atoms with E-state index >= 15 is 0 Å². The third kappa shape index (κ3) is 1.23. The molecule has 0 fully saturated rings. The second kappa shape index (κ2) is 2.64. The lowest BCUT2D eigenvalue weighted by molar-refractivity contribution is 0.405. The molecule has 1 heterocycles. The summed E-state index contributed by atoms with van der Waals surface area (Å²) in [6.07, 6.45) is 1.44. The third-order valence-corrected chi connectivity index (χ3v) is 1.24. The number of aromatic nitrogens is 1. The molecule has 0 saturated carbocycles. The second-order valence-electron chi connectivity index (χ2n) is 1.98. The summed E-state index contributed by atoms with van der Waals surface area (Å²) in [6.45, 7) is 1.81. The predicted molar refractivity (Wildman–Crippen MR) is 35.5 cm³/mol. The summed E-state index contributed by atoms with van der Waals surface area (Å²) in [5.41, 5.74) is 0.837. The van der Waals surface area contributed by atoms with Crippen molar-refractivity contribution in [3.8, 4) is 5.75 Å². The molecule has 3 heteroatoms. The minimum absolute atomic E-state index is 0.512. The van der Waals surface area contributed by atoms with Gasteiger partial charge in [0.25, 0.3) is 0 Å². The van der Waals surface area contributed by atoms with Crippen LogP contribution in [0.4, 0.5) is 4.39 Å². The molecule has 1 rings (SSSR count). The van der Waals surface area contributed by atoms with Crippen molar-refractivity contribution in [2.24, 2.45) is 0 Å². The number of hydrogen-bond donors (Lipinski definition) is 0. The highest BCUT2D eigenvalue weighted by Gasteiger charge is 1.98. The zero-order valence-electron chi connectivity index (χ0n) is 5.89. The molecule has 0 aromatic carbocycles. The normalized spacial score (nSPS) is 9.50. The molecule has 0 saturated heterocycles. The topological polar surface area (TPSA) is 22.1 Å². The fourth-order valence-corrected chi connectivity index (χ4v) is 0.701. The van der Waals surface area contributed by atoms with Gasteiger partial charge in [-0.1, -0.05) is 0 Å². The van der Waals surface area contributed by atoms with E-state index in [-0.39, 0.29) is 0 Å². The van der Waals surface area contributed by atoms with Gasteiger partial charge in [-0.3, -0.25) is 0 Å². The maximum atomic E-state index is 12.3. The van der Waals surface area contributed by atoms with Crippen LogP contribution in [-0.4, -0.2) is 12.1 Å². The van der Waals surface area contributed by atoms with Crippen molar-refractivity contribution >= 4 is 0 Å². The molecule has 1 aromatic rings. The van der Waals surface area contributed by atoms with Crippen LogP contribution in [0.5, 0.6) is 5.75 Å². The molecule has 0 spiro atoms. The van der Waals surface area contributed by atoms with Crippen molar-refractivity contribution in [3.63, 3.8) is 0 Å². The molecule has 0 bridgehead atoms. The quantitative estimate of drug-likeness (QED) is 0.553. The number of ether oxygens (including phenoxy) is 1. The summed E-state index contributed by atoms with van der Waals surface area (Å²) < 4.78 is 17.2. The van der Waals surface area contributed by atoms with E-state index in [9.17, 15) is 4.39 Å². The van der Waals surface area contributed by atoms with E-state index in [2.05, 4.69) is 4.98 Å². The Morgan fingerprint density at radius 1 is 1.60 bits per heavy atom. The van der Waals surface area contributed by atoms with Gasteiger partial charge >= 0.3 is 0 Å². The van der Waals surface area contributed by atoms with Crippen LogP contribution >= 0.6 is 0 Å². The van der Waals surface area contributed by atoms with Gasteiger partial charge in [0.05, 0.1) is 7.11 Å². The molecular weight excluding hydrogens is 133 g/mol. The maximum Gasteiger partial charge on any atom is 0.216 e. The highest BCUT2D eigenvalue weighted by Crippen LogP contribution is 2.15. The number of hydrogen-bond acceptors (Lipinski definition) is 2. The summed E-state index contributed by atoms with van der Waals surface area (Å²) in [4.78, 5) is 3.44. The highest BCUT2D eigenvalue weighted by atomic mass is 19.1. The number of pyridine rings is 1. The molecule has 0 aliphatic heterocycles. The average molecular weight is 141 g/mol. The third-order valence-electron chi connectivity index (χ3n) is 1.24. The van der Waals surface area contributed by atoms with Gasteiger partial charge in [0.1, 0.15) is 5.75 Å². The Bertz CT molecular complexity index is 237. The fraction of sp³-hybridized carbons (Fsp3) is 0.286. The first-order valence-electron chi connectivity index (χ1n) is 2.90. The first kappa shape index (κ1) is 6.99. The van der Waals surface area contributed by atoms with Gasteiger partial charge in [-0.25, -0.2) is 4.98 Å². The Labute approximate surface area is 58.7 Å². The molecule has 0 amide bonds. The zero-order chi connectivity index (χ0) is 7.56. The van der Waals surface area contributed by atoms with Crippen LogP contribution in [0, 0.1) is 12.9 Å². The Hall–Kier alpha value is -1.12. The zero-order valence-corrected chi connectivity index (χ0v) is 5.89. The summed E-state index contributed by atoms with van der Waals surface area (Å²) in [5, 5.41) is 0. The Kier molecular flexibility index (Phi) is 1.85. The minimum atomic E-state index is -0.512. The molecule has 0 aliphatic rings. The van der Waals surface area contributed by atoms with Crippen LogP contribution in [0.3, 0.4) is 0 Å². The molecule has 0 unspecified atom stereocenters. The van der Waals surface area contributed by atoms with E-state index in [1.165, 1.54) is 19.4 Å². The number of rotatable bonds is 1. The molecule has 0 N–H and O–H groups in total. The first-order valence-corrected chi connectivity index (χ1v) is 2.90. The van der Waals surface area contributed by atoms with E-state index in [1.807, 2.05) is 6.92 Å². The lowest BCUT2D eigenvalue weighted by atomic mass is 10.3. The van der Waals surface area contributed by atoms with Crippen LogP contribution in [0.15, 0.2) is 12.3 Å². The van der Waals surface area contributed by atoms with Crippen molar-refractivity contribution in [3.05, 3.63) is 23.8 Å². The van der Waals surface area contributed by atoms with Crippen LogP contribution in [0.1, 0.15) is 5.56 Å². The van der Waals surface area contributed by atoms with Crippen molar-refractivity contribution in [1.82, 2.24) is 4.98 Å². The van der Waals surface area contributed by atoms with Crippen molar-refractivity contribution in [2.75, 3.05) is 7.11 Å². The Morgan fingerprint density at radius 3 is 2.80 bits per heavy atom. The summed E-state index contributed by atoms with van der Waals surface area (Å²) in [5.74, 6) is 0.0231. The molecule has 1 aromatic heterocycles. The molecule has 54 valence electrons. The van der Waals surface area contributed by atoms with E-state index in [0.717, 1.165) is 5.56 Å². The highest BCUT2D eigenvalue weighted by molar-refractivity contribution is 5.28. The van der Waals surface area contributed by atoms with Crippen LogP contribution in [0.2, 0.25) is 0 Å². The fourth-order valence-electron chi connectivity index (χ4n) is 0.701. The number of halogens is 1. The van der Waals surface area contributed by atoms with Crippen LogP contribution in [-0.2, 0) is 0 Å². The Balaban J connectivity index is 3.09. The first-order chi connectivity index (χ1) is 4.74. The maximum absolute atomic E-state index is 12.3. The summed E-state index contributed by atoms with van der Waals surface area (Å²) >= 11 is 0. The van der Waals surface area contributed by atoms with E-state index < -0.39 is 5.95 Å². The lowest BCUT2D eigenvalue weighted by Crippen LogP contribution is -1.90. The van der Waals surface area contributed by atoms with E-state index in [0.29, 0.717) is 5.75 Å². The Morgan fingerprint density at radius 2 is 2.30 bits per heavy atom. The largest absolute Gasteiger partial charge is 0.496 e. The van der Waals surface area contributed by atoms with Gasteiger partial charge in [-0.2, -0.15) is 4.39 Å². The number of nitrogens with zero attached hydrogens (tertiary/aromatic N) is 1. The van der Waals surface area contributed by atoms with Crippen molar-refractivity contribution < 1.29 is 9.13 Å². The van der Waals surface area contributed by atoms with Crippen LogP contribution < -0.4 is 4.74 Å². The van der Waals surface area contributed by atoms with Gasteiger partial charge in [0.15, 0.2) is 0 Å². The number of aryl methyl sites for hydroxylation is 1. The number of methoxy groups -OCH3 is 1. The summed E-state index contributed by atoms with van der Waals surface area (Å²) in [6, 6.07) is 1.26. The van der Waals surface area contributed by atoms with Crippen LogP contribution in [0.25, 0.3) is 0 Å². The molecule has 2 nitrogen and oxygen atoms in total. The standard InChI is InChI=1S/C7H8FNO/c1-5-4-9-7(8)3-6(5)10-2/h3-4H,1-2H3. The average Bonchev–Trinajstić information content (AvgIpc) is 1.94. The molecular formula is C7H8FNO. The summed E-state index contributed by atoms with van der Waals surface area (Å²) in [7, 11) is 1.50. The van der Waals surface area contributed by atoms with Crippen molar-refractivity contribution in [1.29, 1.82) is 0 Å². The van der Waals surface area contributed by atoms with Crippen molar-refractivity contribution in [2.45, 2.75) is 6.92 Å². The van der Waals surface area contributed by atoms with Gasteiger partial charge in [-0.15, -0.1) is 0 Å². The molecule has 0 aliphatic carbocycles. The molecule has 0 radical (unpaired) electrons. The predicted octanol–water partition coefficient (Wildman–Crippen LogP) is 1.54. The van der Waals surface area contributed by atoms with E-state index in [4.69, 9.17) is 4.74 Å². The monoisotopic (exact) mass is 141 g/mol. The smallest absolute Gasteiger partial charge is 0.216 e. The van der Waals surface area contributed by atoms with Gasteiger partial charge in [-0.05, 0) is 6.92 Å². The lowest BCUT2D eigenvalue weighted by Gasteiger charge is -2.01. The van der Waals surface area contributed by atoms with Gasteiger partial charge < -0.3 is 4.74 Å². The van der Waals surface area contributed by atoms with Gasteiger partial charge in [0, 0.05) is 17.8 Å². The molecule has 0 atom stereocenters. The van der Waals surface area contributed by atoms with Gasteiger partial charge in [0.2, 0.25) is 5.95 Å². The second-order valence-corrected chi connectivity index (χ2v) is 1.98. The SMILES string of the molecule is COc1cc(F)ncc1C.